The number of carbonyl (C=O) groups is 1. The summed E-state index contributed by atoms with van der Waals surface area (Å²) in [5, 5.41) is 11.0. The molecule has 0 aromatic carbocycles. The molecule has 0 amide bonds. The highest BCUT2D eigenvalue weighted by molar-refractivity contribution is 5.75. The second-order valence-electron chi connectivity index (χ2n) is 14.5. The summed E-state index contributed by atoms with van der Waals surface area (Å²) in [7, 11) is 0. The molecule has 0 rings (SSSR count). The van der Waals surface area contributed by atoms with Crippen LogP contribution in [0.1, 0.15) is 247 Å². The molecule has 0 aromatic rings. The molecule has 0 bridgehead atoms. The van der Waals surface area contributed by atoms with Crippen molar-refractivity contribution in [1.82, 2.24) is 0 Å². The lowest BCUT2D eigenvalue weighted by Crippen LogP contribution is -2.48. The van der Waals surface area contributed by atoms with Gasteiger partial charge in [-0.3, -0.25) is 4.79 Å². The maximum absolute atomic E-state index is 13.4. The molecule has 258 valence electrons. The van der Waals surface area contributed by atoms with E-state index in [9.17, 15) is 9.90 Å². The molecule has 0 heterocycles. The predicted molar refractivity (Wildman–Crippen MR) is 193 cm³/mol. The van der Waals surface area contributed by atoms with E-state index in [1.54, 1.807) is 0 Å². The minimum Gasteiger partial charge on any atom is -0.481 e. The van der Waals surface area contributed by atoms with Crippen molar-refractivity contribution in [2.24, 2.45) is 10.8 Å². The van der Waals surface area contributed by atoms with E-state index in [1.165, 1.54) is 167 Å². The Labute approximate surface area is 272 Å². The summed E-state index contributed by atoms with van der Waals surface area (Å²) in [6.45, 7) is 11.4. The van der Waals surface area contributed by atoms with Gasteiger partial charge in [0.1, 0.15) is 0 Å². The van der Waals surface area contributed by atoms with Gasteiger partial charge >= 0.3 is 5.97 Å². The first-order chi connectivity index (χ1) is 21.0. The topological polar surface area (TPSA) is 37.3 Å². The van der Waals surface area contributed by atoms with Crippen molar-refractivity contribution in [3.05, 3.63) is 0 Å². The van der Waals surface area contributed by atoms with Crippen LogP contribution in [0.3, 0.4) is 0 Å². The van der Waals surface area contributed by atoms with Gasteiger partial charge in [0.15, 0.2) is 0 Å². The molecule has 1 unspecified atom stereocenters. The summed E-state index contributed by atoms with van der Waals surface area (Å²) in [4.78, 5) is 13.4. The third kappa shape index (κ3) is 19.6. The van der Waals surface area contributed by atoms with E-state index >= 15 is 0 Å². The first kappa shape index (κ1) is 42.5. The highest BCUT2D eigenvalue weighted by Gasteiger charge is 2.53. The maximum Gasteiger partial charge on any atom is 0.310 e. The van der Waals surface area contributed by atoms with Crippen molar-refractivity contribution in [2.45, 2.75) is 247 Å². The quantitative estimate of drug-likeness (QED) is 0.0729. The fourth-order valence-corrected chi connectivity index (χ4v) is 8.16. The molecule has 0 aliphatic heterocycles. The van der Waals surface area contributed by atoms with Gasteiger partial charge < -0.3 is 5.11 Å². The van der Waals surface area contributed by atoms with E-state index < -0.39 is 11.4 Å². The van der Waals surface area contributed by atoms with Gasteiger partial charge in [0, 0.05) is 0 Å². The zero-order chi connectivity index (χ0) is 31.9. The molecule has 0 aliphatic rings. The molecule has 43 heavy (non-hydrogen) atoms. The summed E-state index contributed by atoms with van der Waals surface area (Å²) in [6.07, 6.45) is 42.0. The van der Waals surface area contributed by atoms with Gasteiger partial charge in [0.05, 0.1) is 5.41 Å². The van der Waals surface area contributed by atoms with Crippen molar-refractivity contribution in [3.8, 4) is 0 Å². The summed E-state index contributed by atoms with van der Waals surface area (Å²) >= 11 is 0. The normalized spacial score (nSPS) is 13.4. The number of aliphatic carboxylic acids is 1. The third-order valence-electron chi connectivity index (χ3n) is 11.0. The molecule has 2 heteroatoms. The van der Waals surface area contributed by atoms with Crippen LogP contribution in [0.4, 0.5) is 0 Å². The lowest BCUT2D eigenvalue weighted by Gasteiger charge is -2.49. The van der Waals surface area contributed by atoms with Crippen molar-refractivity contribution in [1.29, 1.82) is 0 Å². The molecule has 0 aliphatic carbocycles. The van der Waals surface area contributed by atoms with E-state index in [1.807, 2.05) is 0 Å². The molecule has 0 fully saturated rings. The van der Waals surface area contributed by atoms with Gasteiger partial charge in [-0.1, -0.05) is 214 Å². The van der Waals surface area contributed by atoms with E-state index in [-0.39, 0.29) is 5.41 Å². The highest BCUT2D eigenvalue weighted by atomic mass is 16.4. The van der Waals surface area contributed by atoms with E-state index in [0.29, 0.717) is 0 Å². The van der Waals surface area contributed by atoms with Crippen LogP contribution < -0.4 is 0 Å². The monoisotopic (exact) mass is 607 g/mol. The first-order valence-corrected chi connectivity index (χ1v) is 20.2. The van der Waals surface area contributed by atoms with Crippen molar-refractivity contribution in [3.63, 3.8) is 0 Å². The minimum atomic E-state index is -0.551. The highest BCUT2D eigenvalue weighted by Crippen LogP contribution is 2.55. The SMILES string of the molecule is CCCCCCCCCCCC(CCC)(CCCCCCCCCCC)C(CC)(CCCCCCCCCCC)C(=O)O. The molecule has 2 nitrogen and oxygen atoms in total. The van der Waals surface area contributed by atoms with E-state index in [2.05, 4.69) is 34.6 Å². The number of hydrogen-bond donors (Lipinski definition) is 1. The lowest BCUT2D eigenvalue weighted by molar-refractivity contribution is -0.163. The number of hydrogen-bond acceptors (Lipinski definition) is 1. The summed E-state index contributed by atoms with van der Waals surface area (Å²) in [5.41, 5.74) is -0.588. The average Bonchev–Trinajstić information content (AvgIpc) is 3.00. The zero-order valence-electron chi connectivity index (χ0n) is 30.7. The van der Waals surface area contributed by atoms with Crippen LogP contribution >= 0.6 is 0 Å². The van der Waals surface area contributed by atoms with Crippen LogP contribution in [0, 0.1) is 10.8 Å². The summed E-state index contributed by atoms with van der Waals surface area (Å²) < 4.78 is 0. The number of carboxylic acids is 1. The Bertz CT molecular complexity index is 562. The molecule has 0 radical (unpaired) electrons. The number of unbranched alkanes of at least 4 members (excludes halogenated alkanes) is 24. The smallest absolute Gasteiger partial charge is 0.310 e. The van der Waals surface area contributed by atoms with Gasteiger partial charge in [-0.25, -0.2) is 0 Å². The Morgan fingerprint density at radius 2 is 0.651 bits per heavy atom. The van der Waals surface area contributed by atoms with Gasteiger partial charge in [-0.15, -0.1) is 0 Å². The van der Waals surface area contributed by atoms with Crippen LogP contribution in [-0.2, 0) is 4.79 Å². The van der Waals surface area contributed by atoms with Crippen LogP contribution in [0.5, 0.6) is 0 Å². The molecule has 1 atom stereocenters. The van der Waals surface area contributed by atoms with Gasteiger partial charge in [0.25, 0.3) is 0 Å². The Hall–Kier alpha value is -0.530. The molecule has 1 N–H and O–H groups in total. The molecule has 0 saturated carbocycles. The number of rotatable bonds is 35. The maximum atomic E-state index is 13.4. The second kappa shape index (κ2) is 30.1. The predicted octanol–water partition coefficient (Wildman–Crippen LogP) is 15.0. The lowest BCUT2D eigenvalue weighted by atomic mass is 9.54. The largest absolute Gasteiger partial charge is 0.481 e. The minimum absolute atomic E-state index is 0.0370. The first-order valence-electron chi connectivity index (χ1n) is 20.2. The molecule has 0 spiro atoms. The van der Waals surface area contributed by atoms with Crippen molar-refractivity contribution >= 4 is 5.97 Å². The fourth-order valence-electron chi connectivity index (χ4n) is 8.16. The second-order valence-corrected chi connectivity index (χ2v) is 14.5. The summed E-state index contributed by atoms with van der Waals surface area (Å²) in [6, 6.07) is 0. The number of carboxylic acid groups (broad SMARTS) is 1. The van der Waals surface area contributed by atoms with E-state index in [4.69, 9.17) is 0 Å². The molecular formula is C41H82O2. The zero-order valence-corrected chi connectivity index (χ0v) is 30.7. The van der Waals surface area contributed by atoms with Crippen LogP contribution in [0.25, 0.3) is 0 Å². The average molecular weight is 607 g/mol. The van der Waals surface area contributed by atoms with E-state index in [0.717, 1.165) is 44.9 Å². The van der Waals surface area contributed by atoms with Crippen LogP contribution in [-0.4, -0.2) is 11.1 Å². The Kier molecular flexibility index (Phi) is 29.8. The van der Waals surface area contributed by atoms with Crippen molar-refractivity contribution < 1.29 is 9.90 Å². The molecular weight excluding hydrogens is 524 g/mol. The third-order valence-corrected chi connectivity index (χ3v) is 11.0. The van der Waals surface area contributed by atoms with Gasteiger partial charge in [-0.2, -0.15) is 0 Å². The van der Waals surface area contributed by atoms with Gasteiger partial charge in [-0.05, 0) is 37.5 Å². The molecule has 0 aromatic heterocycles. The Balaban J connectivity index is 5.28. The van der Waals surface area contributed by atoms with Gasteiger partial charge in [0.2, 0.25) is 0 Å². The standard InChI is InChI=1S/C41H82O2/c1-6-11-14-17-20-23-26-29-32-36-40(35-9-4,37-33-30-27-24-21-18-15-12-7-2)41(10-5,39(42)43)38-34-31-28-25-22-19-16-13-8-3/h6-38H2,1-5H3,(H,42,43). The summed E-state index contributed by atoms with van der Waals surface area (Å²) in [5.74, 6) is -0.477. The Morgan fingerprint density at radius 1 is 0.372 bits per heavy atom. The van der Waals surface area contributed by atoms with Crippen molar-refractivity contribution in [2.75, 3.05) is 0 Å². The Morgan fingerprint density at radius 3 is 0.907 bits per heavy atom. The van der Waals surface area contributed by atoms with Crippen LogP contribution in [0.2, 0.25) is 0 Å². The molecule has 0 saturated heterocycles. The fraction of sp³-hybridized carbons (Fsp3) is 0.976. The van der Waals surface area contributed by atoms with Crippen LogP contribution in [0.15, 0.2) is 0 Å².